The van der Waals surface area contributed by atoms with Gasteiger partial charge in [0.2, 0.25) is 0 Å². The van der Waals surface area contributed by atoms with Crippen LogP contribution in [0.5, 0.6) is 0 Å². The first-order chi connectivity index (χ1) is 9.31. The van der Waals surface area contributed by atoms with E-state index in [1.165, 1.54) is 95.6 Å². The van der Waals surface area contributed by atoms with Crippen LogP contribution < -0.4 is 0 Å². The van der Waals surface area contributed by atoms with Gasteiger partial charge in [0.1, 0.15) is 0 Å². The van der Waals surface area contributed by atoms with Crippen molar-refractivity contribution in [1.82, 2.24) is 0 Å². The second-order valence-electron chi connectivity index (χ2n) is 6.61. The molecule has 1 unspecified atom stereocenters. The lowest BCUT2D eigenvalue weighted by molar-refractivity contribution is 0.374. The van der Waals surface area contributed by atoms with Crippen LogP contribution in [-0.4, -0.2) is 9.83 Å². The molecular weight excluding hydrogens is 268 g/mol. The maximum atomic E-state index is 5.24. The van der Waals surface area contributed by atoms with Crippen LogP contribution >= 0.6 is 24.4 Å². The monoisotopic (exact) mass is 300 g/mol. The van der Waals surface area contributed by atoms with Gasteiger partial charge in [-0.25, -0.2) is 0 Å². The van der Waals surface area contributed by atoms with Gasteiger partial charge < -0.3 is 0 Å². The Balaban J connectivity index is 1.95. The van der Waals surface area contributed by atoms with Crippen LogP contribution in [-0.2, 0) is 0 Å². The van der Waals surface area contributed by atoms with E-state index in [1.807, 2.05) is 0 Å². The third-order valence-corrected chi connectivity index (χ3v) is 7.53. The highest BCUT2D eigenvalue weighted by molar-refractivity contribution is 8.11. The molecule has 19 heavy (non-hydrogen) atoms. The zero-order valence-corrected chi connectivity index (χ0v) is 14.3. The highest BCUT2D eigenvalue weighted by atomic mass is 32.2. The van der Waals surface area contributed by atoms with Gasteiger partial charge in [0, 0.05) is 0 Å². The van der Waals surface area contributed by atoms with Crippen LogP contribution in [0.3, 0.4) is 0 Å². The summed E-state index contributed by atoms with van der Waals surface area (Å²) in [7, 11) is 0. The van der Waals surface area contributed by atoms with E-state index in [2.05, 4.69) is 11.8 Å². The predicted octanol–water partition coefficient (Wildman–Crippen LogP) is 6.45. The minimum Gasteiger partial charge on any atom is -0.161 e. The van der Waals surface area contributed by atoms with E-state index in [4.69, 9.17) is 12.6 Å². The lowest BCUT2D eigenvalue weighted by Gasteiger charge is -2.37. The molecule has 0 radical (unpaired) electrons. The van der Waals surface area contributed by atoms with E-state index < -0.39 is 0 Å². The molecule has 0 nitrogen and oxygen atoms in total. The summed E-state index contributed by atoms with van der Waals surface area (Å²) >= 11 is 7.45. The SMILES string of the molecule is SC1(C2CCCCCCCC2)CCCCCCCS1. The molecule has 2 fully saturated rings. The fraction of sp³-hybridized carbons (Fsp3) is 1.00. The average molecular weight is 301 g/mol. The van der Waals surface area contributed by atoms with Crippen LogP contribution in [0.15, 0.2) is 0 Å². The van der Waals surface area contributed by atoms with Gasteiger partial charge in [-0.15, -0.1) is 11.8 Å². The third kappa shape index (κ3) is 5.53. The van der Waals surface area contributed by atoms with E-state index in [0.29, 0.717) is 4.08 Å². The van der Waals surface area contributed by atoms with Gasteiger partial charge in [-0.1, -0.05) is 64.2 Å². The van der Waals surface area contributed by atoms with Crippen molar-refractivity contribution in [2.45, 2.75) is 94.0 Å². The lowest BCUT2D eigenvalue weighted by Crippen LogP contribution is -2.29. The second kappa shape index (κ2) is 8.87. The number of hydrogen-bond acceptors (Lipinski definition) is 2. The number of hydrogen-bond donors (Lipinski definition) is 1. The Bertz CT molecular complexity index is 219. The molecule has 0 aromatic rings. The van der Waals surface area contributed by atoms with Gasteiger partial charge in [0.05, 0.1) is 4.08 Å². The molecule has 112 valence electrons. The Kier molecular flexibility index (Phi) is 7.51. The summed E-state index contributed by atoms with van der Waals surface area (Å²) in [6.07, 6.45) is 20.2. The summed E-state index contributed by atoms with van der Waals surface area (Å²) in [5.41, 5.74) is 0. The topological polar surface area (TPSA) is 0 Å². The van der Waals surface area contributed by atoms with Crippen LogP contribution in [0.1, 0.15) is 89.9 Å². The molecule has 1 aliphatic heterocycles. The van der Waals surface area contributed by atoms with Crippen LogP contribution in [0, 0.1) is 5.92 Å². The zero-order valence-electron chi connectivity index (χ0n) is 12.5. The quantitative estimate of drug-likeness (QED) is 0.543. The molecular formula is C17H32S2. The molecule has 1 saturated carbocycles. The molecule has 0 N–H and O–H groups in total. The molecule has 1 aliphatic carbocycles. The minimum absolute atomic E-state index is 0.300. The smallest absolute Gasteiger partial charge is 0.0609 e. The van der Waals surface area contributed by atoms with Crippen molar-refractivity contribution < 1.29 is 0 Å². The Morgan fingerprint density at radius 2 is 1.21 bits per heavy atom. The third-order valence-electron chi connectivity index (χ3n) is 5.02. The molecule has 1 atom stereocenters. The average Bonchev–Trinajstić information content (AvgIpc) is 2.61. The Morgan fingerprint density at radius 3 is 1.89 bits per heavy atom. The summed E-state index contributed by atoms with van der Waals surface area (Å²) in [6.45, 7) is 0. The fourth-order valence-corrected chi connectivity index (χ4v) is 5.89. The Hall–Kier alpha value is 0.700. The molecule has 1 saturated heterocycles. The maximum Gasteiger partial charge on any atom is 0.0609 e. The van der Waals surface area contributed by atoms with Crippen molar-refractivity contribution in [2.24, 2.45) is 5.92 Å². The van der Waals surface area contributed by atoms with Crippen molar-refractivity contribution in [1.29, 1.82) is 0 Å². The Morgan fingerprint density at radius 1 is 0.684 bits per heavy atom. The van der Waals surface area contributed by atoms with Crippen LogP contribution in [0.2, 0.25) is 0 Å². The van der Waals surface area contributed by atoms with Crippen LogP contribution in [0.25, 0.3) is 0 Å². The van der Waals surface area contributed by atoms with Crippen molar-refractivity contribution in [3.05, 3.63) is 0 Å². The summed E-state index contributed by atoms with van der Waals surface area (Å²) < 4.78 is 0.300. The molecule has 2 rings (SSSR count). The summed E-state index contributed by atoms with van der Waals surface area (Å²) in [5, 5.41) is 0. The molecule has 0 spiro atoms. The highest BCUT2D eigenvalue weighted by Gasteiger charge is 2.35. The summed E-state index contributed by atoms with van der Waals surface area (Å²) in [5.74, 6) is 2.22. The number of rotatable bonds is 1. The second-order valence-corrected chi connectivity index (χ2v) is 9.13. The first-order valence-electron chi connectivity index (χ1n) is 8.68. The van der Waals surface area contributed by atoms with Crippen molar-refractivity contribution in [2.75, 3.05) is 5.75 Å². The lowest BCUT2D eigenvalue weighted by atomic mass is 9.90. The van der Waals surface area contributed by atoms with Gasteiger partial charge in [-0.05, 0) is 37.4 Å². The van der Waals surface area contributed by atoms with E-state index in [9.17, 15) is 0 Å². The maximum absolute atomic E-state index is 5.24. The molecule has 0 aromatic carbocycles. The first kappa shape index (κ1) is 16.1. The van der Waals surface area contributed by atoms with Crippen molar-refractivity contribution in [3.63, 3.8) is 0 Å². The Labute approximate surface area is 130 Å². The highest BCUT2D eigenvalue weighted by Crippen LogP contribution is 2.47. The molecule has 0 bridgehead atoms. The van der Waals surface area contributed by atoms with E-state index in [1.54, 1.807) is 0 Å². The molecule has 0 amide bonds. The van der Waals surface area contributed by atoms with Gasteiger partial charge in [-0.3, -0.25) is 0 Å². The molecule has 1 heterocycles. The normalized spacial score (nSPS) is 33.3. The van der Waals surface area contributed by atoms with E-state index in [-0.39, 0.29) is 0 Å². The minimum atomic E-state index is 0.300. The largest absolute Gasteiger partial charge is 0.161 e. The van der Waals surface area contributed by atoms with Crippen LogP contribution in [0.4, 0.5) is 0 Å². The van der Waals surface area contributed by atoms with Gasteiger partial charge in [-0.2, -0.15) is 12.6 Å². The van der Waals surface area contributed by atoms with E-state index in [0.717, 1.165) is 5.92 Å². The predicted molar refractivity (Wildman–Crippen MR) is 92.3 cm³/mol. The van der Waals surface area contributed by atoms with Crippen molar-refractivity contribution in [3.8, 4) is 0 Å². The van der Waals surface area contributed by atoms with Gasteiger partial charge >= 0.3 is 0 Å². The molecule has 2 aliphatic rings. The van der Waals surface area contributed by atoms with Crippen molar-refractivity contribution >= 4 is 24.4 Å². The summed E-state index contributed by atoms with van der Waals surface area (Å²) in [6, 6.07) is 0. The number of thiol groups is 1. The molecule has 0 aromatic heterocycles. The van der Waals surface area contributed by atoms with Gasteiger partial charge in [0.25, 0.3) is 0 Å². The fourth-order valence-electron chi connectivity index (χ4n) is 3.74. The molecule has 2 heteroatoms. The standard InChI is InChI=1S/C17H32S2/c18-17(14-10-6-3-7-11-15-19-17)16-12-8-4-1-2-5-9-13-16/h16,18H,1-15H2. The summed E-state index contributed by atoms with van der Waals surface area (Å²) in [4.78, 5) is 0. The first-order valence-corrected chi connectivity index (χ1v) is 10.1. The zero-order chi connectivity index (χ0) is 13.4. The van der Waals surface area contributed by atoms with Gasteiger partial charge in [0.15, 0.2) is 0 Å². The number of thioether (sulfide) groups is 1. The van der Waals surface area contributed by atoms with E-state index >= 15 is 0 Å².